The molecule has 0 bridgehead atoms. The molecule has 3 aromatic rings. The Balaban J connectivity index is 1.67. The molecule has 0 unspecified atom stereocenters. The molecule has 0 heterocycles. The predicted octanol–water partition coefficient (Wildman–Crippen LogP) is 5.46. The van der Waals surface area contributed by atoms with E-state index >= 15 is 0 Å². The summed E-state index contributed by atoms with van der Waals surface area (Å²) in [6, 6.07) is 24.5. The van der Waals surface area contributed by atoms with Crippen molar-refractivity contribution in [1.82, 2.24) is 0 Å². The van der Waals surface area contributed by atoms with Gasteiger partial charge in [-0.15, -0.1) is 0 Å². The van der Waals surface area contributed by atoms with Crippen molar-refractivity contribution in [2.45, 2.75) is 27.1 Å². The number of aryl methyl sites for hydroxylation is 2. The minimum absolute atomic E-state index is 0.573. The van der Waals surface area contributed by atoms with Crippen molar-refractivity contribution >= 4 is 0 Å². The van der Waals surface area contributed by atoms with Gasteiger partial charge in [-0.2, -0.15) is 0 Å². The molecule has 24 heavy (non-hydrogen) atoms. The van der Waals surface area contributed by atoms with E-state index in [9.17, 15) is 0 Å². The fourth-order valence-corrected chi connectivity index (χ4v) is 2.69. The monoisotopic (exact) mass is 318 g/mol. The topological polar surface area (TPSA) is 18.5 Å². The Bertz CT molecular complexity index is 757. The third-order valence-corrected chi connectivity index (χ3v) is 3.91. The van der Waals surface area contributed by atoms with E-state index in [1.165, 1.54) is 5.56 Å². The van der Waals surface area contributed by atoms with E-state index in [0.717, 1.165) is 28.2 Å². The van der Waals surface area contributed by atoms with Crippen LogP contribution in [0.3, 0.4) is 0 Å². The van der Waals surface area contributed by atoms with Crippen molar-refractivity contribution < 1.29 is 9.47 Å². The van der Waals surface area contributed by atoms with Crippen LogP contribution in [0.25, 0.3) is 0 Å². The summed E-state index contributed by atoms with van der Waals surface area (Å²) in [6.07, 6.45) is 0. The standard InChI is InChI=1S/C22H22O2/c1-17-13-21(23-15-19-9-5-3-6-10-19)14-18(2)22(17)24-16-20-11-7-4-8-12-20/h3-14H,15-16H2,1-2H3. The molecule has 0 atom stereocenters. The first-order valence-electron chi connectivity index (χ1n) is 8.17. The molecule has 0 aromatic heterocycles. The van der Waals surface area contributed by atoms with Crippen molar-refractivity contribution in [3.05, 3.63) is 95.1 Å². The van der Waals surface area contributed by atoms with E-state index in [2.05, 4.69) is 38.1 Å². The first kappa shape index (κ1) is 16.1. The number of ether oxygens (including phenoxy) is 2. The molecule has 3 aromatic carbocycles. The maximum atomic E-state index is 6.02. The Morgan fingerprint density at radius 2 is 1.08 bits per heavy atom. The summed E-state index contributed by atoms with van der Waals surface area (Å²) in [6.45, 7) is 5.27. The van der Waals surface area contributed by atoms with Crippen molar-refractivity contribution in [3.63, 3.8) is 0 Å². The van der Waals surface area contributed by atoms with Gasteiger partial charge < -0.3 is 9.47 Å². The summed E-state index contributed by atoms with van der Waals surface area (Å²) >= 11 is 0. The summed E-state index contributed by atoms with van der Waals surface area (Å²) < 4.78 is 11.9. The molecule has 122 valence electrons. The lowest BCUT2D eigenvalue weighted by Gasteiger charge is -2.15. The van der Waals surface area contributed by atoms with Crippen LogP contribution in [-0.2, 0) is 13.2 Å². The lowest BCUT2D eigenvalue weighted by molar-refractivity contribution is 0.293. The predicted molar refractivity (Wildman–Crippen MR) is 97.5 cm³/mol. The third-order valence-electron chi connectivity index (χ3n) is 3.91. The minimum Gasteiger partial charge on any atom is -0.489 e. The van der Waals surface area contributed by atoms with Crippen LogP contribution < -0.4 is 9.47 Å². The molecule has 3 rings (SSSR count). The van der Waals surface area contributed by atoms with Gasteiger partial charge in [-0.25, -0.2) is 0 Å². The van der Waals surface area contributed by atoms with Gasteiger partial charge in [0.05, 0.1) is 0 Å². The molecule has 0 spiro atoms. The Morgan fingerprint density at radius 1 is 0.625 bits per heavy atom. The largest absolute Gasteiger partial charge is 0.489 e. The number of hydrogen-bond acceptors (Lipinski definition) is 2. The van der Waals surface area contributed by atoms with Gasteiger partial charge in [0.1, 0.15) is 24.7 Å². The van der Waals surface area contributed by atoms with Gasteiger partial charge in [0.25, 0.3) is 0 Å². The molecular formula is C22H22O2. The molecule has 0 aliphatic carbocycles. The molecule has 0 radical (unpaired) electrons. The summed E-state index contributed by atoms with van der Waals surface area (Å²) in [5.41, 5.74) is 4.51. The second kappa shape index (κ2) is 7.69. The van der Waals surface area contributed by atoms with E-state index in [-0.39, 0.29) is 0 Å². The molecule has 0 aliphatic rings. The van der Waals surface area contributed by atoms with Gasteiger partial charge in [-0.05, 0) is 48.2 Å². The minimum atomic E-state index is 0.573. The highest BCUT2D eigenvalue weighted by Crippen LogP contribution is 2.29. The van der Waals surface area contributed by atoms with Crippen LogP contribution in [-0.4, -0.2) is 0 Å². The van der Waals surface area contributed by atoms with E-state index in [1.54, 1.807) is 0 Å². The normalized spacial score (nSPS) is 10.4. The van der Waals surface area contributed by atoms with Crippen molar-refractivity contribution in [1.29, 1.82) is 0 Å². The Hall–Kier alpha value is -2.74. The van der Waals surface area contributed by atoms with Crippen LogP contribution in [0, 0.1) is 13.8 Å². The molecule has 0 amide bonds. The van der Waals surface area contributed by atoms with Gasteiger partial charge in [0.15, 0.2) is 0 Å². The van der Waals surface area contributed by atoms with Crippen LogP contribution in [0.1, 0.15) is 22.3 Å². The highest BCUT2D eigenvalue weighted by molar-refractivity contribution is 5.46. The Morgan fingerprint density at radius 3 is 1.58 bits per heavy atom. The van der Waals surface area contributed by atoms with Gasteiger partial charge >= 0.3 is 0 Å². The molecule has 0 fully saturated rings. The Labute approximate surface area is 143 Å². The second-order valence-electron chi connectivity index (χ2n) is 5.93. The average molecular weight is 318 g/mol. The average Bonchev–Trinajstić information content (AvgIpc) is 2.61. The molecule has 2 nitrogen and oxygen atoms in total. The summed E-state index contributed by atoms with van der Waals surface area (Å²) in [5.74, 6) is 1.81. The Kier molecular flexibility index (Phi) is 5.17. The molecule has 0 aliphatic heterocycles. The number of rotatable bonds is 6. The van der Waals surface area contributed by atoms with Crippen molar-refractivity contribution in [2.75, 3.05) is 0 Å². The SMILES string of the molecule is Cc1cc(OCc2ccccc2)cc(C)c1OCc1ccccc1. The summed E-state index contributed by atoms with van der Waals surface area (Å²) in [4.78, 5) is 0. The fourth-order valence-electron chi connectivity index (χ4n) is 2.69. The second-order valence-corrected chi connectivity index (χ2v) is 5.93. The quantitative estimate of drug-likeness (QED) is 0.600. The zero-order valence-corrected chi connectivity index (χ0v) is 14.2. The maximum Gasteiger partial charge on any atom is 0.125 e. The van der Waals surface area contributed by atoms with Gasteiger partial charge in [-0.1, -0.05) is 60.7 Å². The lowest BCUT2D eigenvalue weighted by Crippen LogP contribution is -2.01. The van der Waals surface area contributed by atoms with Crippen LogP contribution in [0.15, 0.2) is 72.8 Å². The first-order valence-corrected chi connectivity index (χ1v) is 8.17. The van der Waals surface area contributed by atoms with E-state index in [1.807, 2.05) is 48.5 Å². The van der Waals surface area contributed by atoms with Crippen LogP contribution in [0.5, 0.6) is 11.5 Å². The zero-order valence-electron chi connectivity index (χ0n) is 14.2. The number of hydrogen-bond donors (Lipinski definition) is 0. The first-order chi connectivity index (χ1) is 11.7. The van der Waals surface area contributed by atoms with Crippen LogP contribution in [0.2, 0.25) is 0 Å². The third kappa shape index (κ3) is 4.17. The lowest BCUT2D eigenvalue weighted by atomic mass is 10.1. The molecular weight excluding hydrogens is 296 g/mol. The molecule has 0 saturated carbocycles. The molecule has 0 saturated heterocycles. The summed E-state index contributed by atoms with van der Waals surface area (Å²) in [5, 5.41) is 0. The number of benzene rings is 3. The van der Waals surface area contributed by atoms with Crippen molar-refractivity contribution in [3.8, 4) is 11.5 Å². The fraction of sp³-hybridized carbons (Fsp3) is 0.182. The van der Waals surface area contributed by atoms with Gasteiger partial charge in [-0.3, -0.25) is 0 Å². The van der Waals surface area contributed by atoms with Crippen molar-refractivity contribution in [2.24, 2.45) is 0 Å². The van der Waals surface area contributed by atoms with Crippen LogP contribution >= 0.6 is 0 Å². The van der Waals surface area contributed by atoms with E-state index in [4.69, 9.17) is 9.47 Å². The van der Waals surface area contributed by atoms with E-state index < -0.39 is 0 Å². The van der Waals surface area contributed by atoms with Crippen LogP contribution in [0.4, 0.5) is 0 Å². The highest BCUT2D eigenvalue weighted by Gasteiger charge is 2.08. The molecule has 0 N–H and O–H groups in total. The molecule has 2 heteroatoms. The summed E-state index contributed by atoms with van der Waals surface area (Å²) in [7, 11) is 0. The smallest absolute Gasteiger partial charge is 0.125 e. The highest BCUT2D eigenvalue weighted by atomic mass is 16.5. The van der Waals surface area contributed by atoms with E-state index in [0.29, 0.717) is 13.2 Å². The van der Waals surface area contributed by atoms with Gasteiger partial charge in [0.2, 0.25) is 0 Å². The zero-order chi connectivity index (χ0) is 16.8. The van der Waals surface area contributed by atoms with Gasteiger partial charge in [0, 0.05) is 0 Å². The maximum absolute atomic E-state index is 6.02.